The van der Waals surface area contributed by atoms with Gasteiger partial charge in [-0.05, 0) is 48.9 Å². The van der Waals surface area contributed by atoms with Crippen molar-refractivity contribution in [1.29, 1.82) is 0 Å². The minimum Gasteiger partial charge on any atom is -0.355 e. The Kier molecular flexibility index (Phi) is 4.86. The first-order valence-corrected chi connectivity index (χ1v) is 7.27. The molecule has 4 heteroatoms. The van der Waals surface area contributed by atoms with Crippen molar-refractivity contribution in [1.82, 2.24) is 0 Å². The summed E-state index contributed by atoms with van der Waals surface area (Å²) >= 11 is 6.01. The maximum atomic E-state index is 11.6. The van der Waals surface area contributed by atoms with Crippen LogP contribution in [0.3, 0.4) is 0 Å². The van der Waals surface area contributed by atoms with Gasteiger partial charge in [-0.1, -0.05) is 31.5 Å². The van der Waals surface area contributed by atoms with Crippen molar-refractivity contribution in [2.45, 2.75) is 20.8 Å². The summed E-state index contributed by atoms with van der Waals surface area (Å²) in [4.78, 5) is 11.6. The molecule has 21 heavy (non-hydrogen) atoms. The molecule has 110 valence electrons. The standard InChI is InChI=1S/C17H19ClN2O/c1-11(2)17(21)20-15-8-6-14(7-9-15)19-16-10-13(18)5-4-12(16)3/h4-11,19H,1-3H3,(H,20,21). The Hall–Kier alpha value is -2.00. The van der Waals surface area contributed by atoms with Gasteiger partial charge in [-0.15, -0.1) is 0 Å². The van der Waals surface area contributed by atoms with Gasteiger partial charge in [0.1, 0.15) is 0 Å². The quantitative estimate of drug-likeness (QED) is 0.835. The molecule has 0 spiro atoms. The number of nitrogens with one attached hydrogen (secondary N) is 2. The third-order valence-corrected chi connectivity index (χ3v) is 3.39. The molecule has 2 rings (SSSR count). The van der Waals surface area contributed by atoms with Crippen LogP contribution >= 0.6 is 11.6 Å². The van der Waals surface area contributed by atoms with E-state index < -0.39 is 0 Å². The summed E-state index contributed by atoms with van der Waals surface area (Å²) in [7, 11) is 0. The van der Waals surface area contributed by atoms with Gasteiger partial charge in [0.2, 0.25) is 5.91 Å². The summed E-state index contributed by atoms with van der Waals surface area (Å²) in [5.41, 5.74) is 3.84. The molecule has 0 aliphatic heterocycles. The minimum absolute atomic E-state index is 0.0152. The zero-order valence-electron chi connectivity index (χ0n) is 12.4. The SMILES string of the molecule is Cc1ccc(Cl)cc1Nc1ccc(NC(=O)C(C)C)cc1. The second-order valence-electron chi connectivity index (χ2n) is 5.31. The number of rotatable bonds is 4. The smallest absolute Gasteiger partial charge is 0.226 e. The van der Waals surface area contributed by atoms with E-state index in [-0.39, 0.29) is 11.8 Å². The van der Waals surface area contributed by atoms with Crippen LogP contribution in [0.15, 0.2) is 42.5 Å². The number of hydrogen-bond acceptors (Lipinski definition) is 2. The molecule has 0 fully saturated rings. The van der Waals surface area contributed by atoms with Gasteiger partial charge >= 0.3 is 0 Å². The molecule has 0 radical (unpaired) electrons. The highest BCUT2D eigenvalue weighted by atomic mass is 35.5. The molecule has 0 heterocycles. The fourth-order valence-electron chi connectivity index (χ4n) is 1.81. The predicted molar refractivity (Wildman–Crippen MR) is 89.4 cm³/mol. The summed E-state index contributed by atoms with van der Waals surface area (Å²) in [6, 6.07) is 13.3. The highest BCUT2D eigenvalue weighted by Crippen LogP contribution is 2.25. The molecule has 2 N–H and O–H groups in total. The first kappa shape index (κ1) is 15.4. The Morgan fingerprint density at radius 2 is 1.67 bits per heavy atom. The lowest BCUT2D eigenvalue weighted by Crippen LogP contribution is -2.17. The number of anilines is 3. The van der Waals surface area contributed by atoms with Crippen LogP contribution in [0, 0.1) is 12.8 Å². The van der Waals surface area contributed by atoms with Crippen LogP contribution in [0.25, 0.3) is 0 Å². The fourth-order valence-corrected chi connectivity index (χ4v) is 1.98. The number of hydrogen-bond donors (Lipinski definition) is 2. The van der Waals surface area contributed by atoms with E-state index in [4.69, 9.17) is 11.6 Å². The second kappa shape index (κ2) is 6.64. The first-order chi connectivity index (χ1) is 9.95. The second-order valence-corrected chi connectivity index (χ2v) is 5.74. The first-order valence-electron chi connectivity index (χ1n) is 6.90. The lowest BCUT2D eigenvalue weighted by atomic mass is 10.2. The van der Waals surface area contributed by atoms with E-state index in [2.05, 4.69) is 10.6 Å². The van der Waals surface area contributed by atoms with Crippen molar-refractivity contribution in [3.8, 4) is 0 Å². The van der Waals surface area contributed by atoms with Crippen molar-refractivity contribution in [2.75, 3.05) is 10.6 Å². The average Bonchev–Trinajstić information content (AvgIpc) is 2.45. The Morgan fingerprint density at radius 1 is 1.05 bits per heavy atom. The van der Waals surface area contributed by atoms with Crippen LogP contribution in [0.4, 0.5) is 17.1 Å². The Bertz CT molecular complexity index is 636. The van der Waals surface area contributed by atoms with E-state index in [1.54, 1.807) is 0 Å². The Labute approximate surface area is 130 Å². The van der Waals surface area contributed by atoms with Crippen molar-refractivity contribution < 1.29 is 4.79 Å². The van der Waals surface area contributed by atoms with Crippen molar-refractivity contribution in [2.24, 2.45) is 5.92 Å². The number of aryl methyl sites for hydroxylation is 1. The Balaban J connectivity index is 2.09. The van der Waals surface area contributed by atoms with Crippen LogP contribution in [0.2, 0.25) is 5.02 Å². The van der Waals surface area contributed by atoms with E-state index in [1.807, 2.05) is 63.2 Å². The van der Waals surface area contributed by atoms with Gasteiger partial charge in [0.05, 0.1) is 0 Å². The topological polar surface area (TPSA) is 41.1 Å². The molecule has 2 aromatic carbocycles. The van der Waals surface area contributed by atoms with Gasteiger partial charge in [0.25, 0.3) is 0 Å². The lowest BCUT2D eigenvalue weighted by molar-refractivity contribution is -0.118. The molecule has 0 bridgehead atoms. The van der Waals surface area contributed by atoms with Gasteiger partial charge in [0.15, 0.2) is 0 Å². The third kappa shape index (κ3) is 4.23. The summed E-state index contributed by atoms with van der Waals surface area (Å²) in [6.45, 7) is 5.76. The molecule has 0 aliphatic rings. The molecule has 0 saturated carbocycles. The van der Waals surface area contributed by atoms with Gasteiger partial charge in [-0.3, -0.25) is 4.79 Å². The van der Waals surface area contributed by atoms with Crippen LogP contribution < -0.4 is 10.6 Å². The average molecular weight is 303 g/mol. The van der Waals surface area contributed by atoms with Crippen molar-refractivity contribution in [3.05, 3.63) is 53.1 Å². The summed E-state index contributed by atoms with van der Waals surface area (Å²) in [5.74, 6) is -0.0155. The summed E-state index contributed by atoms with van der Waals surface area (Å²) in [6.07, 6.45) is 0. The van der Waals surface area contributed by atoms with Crippen molar-refractivity contribution >= 4 is 34.6 Å². The van der Waals surface area contributed by atoms with Crippen LogP contribution in [0.1, 0.15) is 19.4 Å². The highest BCUT2D eigenvalue weighted by Gasteiger charge is 2.07. The fraction of sp³-hybridized carbons (Fsp3) is 0.235. The number of carbonyl (C=O) groups excluding carboxylic acids is 1. The van der Waals surface area contributed by atoms with Crippen LogP contribution in [-0.4, -0.2) is 5.91 Å². The van der Waals surface area contributed by atoms with Crippen LogP contribution in [-0.2, 0) is 4.79 Å². The molecule has 0 saturated heterocycles. The van der Waals surface area contributed by atoms with Crippen molar-refractivity contribution in [3.63, 3.8) is 0 Å². The lowest BCUT2D eigenvalue weighted by Gasteiger charge is -2.12. The largest absolute Gasteiger partial charge is 0.355 e. The highest BCUT2D eigenvalue weighted by molar-refractivity contribution is 6.30. The van der Waals surface area contributed by atoms with Gasteiger partial charge in [-0.2, -0.15) is 0 Å². The summed E-state index contributed by atoms with van der Waals surface area (Å²) < 4.78 is 0. The molecule has 0 aromatic heterocycles. The van der Waals surface area contributed by atoms with E-state index in [0.29, 0.717) is 5.02 Å². The number of carbonyl (C=O) groups is 1. The molecule has 0 atom stereocenters. The third-order valence-electron chi connectivity index (χ3n) is 3.16. The van der Waals surface area contributed by atoms with Crippen LogP contribution in [0.5, 0.6) is 0 Å². The Morgan fingerprint density at radius 3 is 2.29 bits per heavy atom. The predicted octanol–water partition coefficient (Wildman–Crippen LogP) is 4.99. The minimum atomic E-state index is -0.0306. The molecule has 1 amide bonds. The molecule has 2 aromatic rings. The zero-order chi connectivity index (χ0) is 15.4. The maximum Gasteiger partial charge on any atom is 0.226 e. The van der Waals surface area contributed by atoms with E-state index in [0.717, 1.165) is 22.6 Å². The monoisotopic (exact) mass is 302 g/mol. The van der Waals surface area contributed by atoms with Gasteiger partial charge in [0, 0.05) is 28.0 Å². The molecule has 3 nitrogen and oxygen atoms in total. The van der Waals surface area contributed by atoms with E-state index >= 15 is 0 Å². The molecular weight excluding hydrogens is 284 g/mol. The normalized spacial score (nSPS) is 10.5. The molecule has 0 aliphatic carbocycles. The van der Waals surface area contributed by atoms with E-state index in [1.165, 1.54) is 0 Å². The number of benzene rings is 2. The molecular formula is C17H19ClN2O. The molecule has 0 unspecified atom stereocenters. The number of halogens is 1. The zero-order valence-corrected chi connectivity index (χ0v) is 13.2. The van der Waals surface area contributed by atoms with Gasteiger partial charge in [-0.25, -0.2) is 0 Å². The van der Waals surface area contributed by atoms with E-state index in [9.17, 15) is 4.79 Å². The number of amides is 1. The summed E-state index contributed by atoms with van der Waals surface area (Å²) in [5, 5.41) is 6.88. The maximum absolute atomic E-state index is 11.6. The van der Waals surface area contributed by atoms with Gasteiger partial charge < -0.3 is 10.6 Å².